The van der Waals surface area contributed by atoms with Crippen LogP contribution in [0.2, 0.25) is 0 Å². The van der Waals surface area contributed by atoms with Crippen molar-refractivity contribution in [1.82, 2.24) is 4.98 Å². The highest BCUT2D eigenvalue weighted by Crippen LogP contribution is 2.28. The van der Waals surface area contributed by atoms with Crippen molar-refractivity contribution >= 4 is 17.0 Å². The molecule has 2 aromatic heterocycles. The molecule has 1 N–H and O–H groups in total. The number of hydrogen-bond acceptors (Lipinski definition) is 3. The second kappa shape index (κ2) is 4.88. The number of thiophene rings is 1. The summed E-state index contributed by atoms with van der Waals surface area (Å²) in [5.74, 6) is 0. The van der Waals surface area contributed by atoms with Crippen molar-refractivity contribution in [3.63, 3.8) is 0 Å². The number of nitrogens with zero attached hydrogens (tertiary/aromatic N) is 1. The summed E-state index contributed by atoms with van der Waals surface area (Å²) in [6.07, 6.45) is 1.89. The number of aryl methyl sites for hydroxylation is 3. The SMILES string of the molecule is Cc1ccc(NC(C)c2cc(C)sc2C)cn1. The third-order valence-corrected chi connectivity index (χ3v) is 3.82. The van der Waals surface area contributed by atoms with E-state index in [1.165, 1.54) is 15.3 Å². The molecule has 0 saturated heterocycles. The minimum absolute atomic E-state index is 0.324. The fraction of sp³-hybridized carbons (Fsp3) is 0.357. The van der Waals surface area contributed by atoms with Gasteiger partial charge in [-0.2, -0.15) is 0 Å². The predicted molar refractivity (Wildman–Crippen MR) is 74.8 cm³/mol. The zero-order valence-electron chi connectivity index (χ0n) is 10.7. The van der Waals surface area contributed by atoms with Crippen LogP contribution in [0.3, 0.4) is 0 Å². The molecule has 17 heavy (non-hydrogen) atoms. The van der Waals surface area contributed by atoms with E-state index in [1.54, 1.807) is 0 Å². The highest BCUT2D eigenvalue weighted by molar-refractivity contribution is 7.12. The standard InChI is InChI=1S/C14H18N2S/c1-9-5-6-13(8-15-9)16-11(3)14-7-10(2)17-12(14)4/h5-8,11,16H,1-4H3. The van der Waals surface area contributed by atoms with Gasteiger partial charge in [0, 0.05) is 21.5 Å². The molecule has 0 saturated carbocycles. The van der Waals surface area contributed by atoms with Crippen molar-refractivity contribution < 1.29 is 0 Å². The van der Waals surface area contributed by atoms with Crippen LogP contribution in [0.4, 0.5) is 5.69 Å². The van der Waals surface area contributed by atoms with Gasteiger partial charge in [0.15, 0.2) is 0 Å². The molecule has 2 nitrogen and oxygen atoms in total. The molecule has 0 amide bonds. The number of pyridine rings is 1. The second-order valence-electron chi connectivity index (χ2n) is 4.42. The Balaban J connectivity index is 2.14. The molecule has 0 aliphatic carbocycles. The van der Waals surface area contributed by atoms with Gasteiger partial charge in [-0.3, -0.25) is 4.98 Å². The molecule has 1 unspecified atom stereocenters. The maximum absolute atomic E-state index is 4.29. The molecule has 0 bridgehead atoms. The van der Waals surface area contributed by atoms with Gasteiger partial charge in [0.2, 0.25) is 0 Å². The normalized spacial score (nSPS) is 12.5. The van der Waals surface area contributed by atoms with Gasteiger partial charge in [0.25, 0.3) is 0 Å². The Labute approximate surface area is 107 Å². The van der Waals surface area contributed by atoms with Crippen LogP contribution >= 0.6 is 11.3 Å². The second-order valence-corrected chi connectivity index (χ2v) is 5.88. The molecule has 2 heterocycles. The fourth-order valence-electron chi connectivity index (χ4n) is 1.96. The largest absolute Gasteiger partial charge is 0.377 e. The highest BCUT2D eigenvalue weighted by Gasteiger charge is 2.10. The van der Waals surface area contributed by atoms with E-state index in [1.807, 2.05) is 30.5 Å². The van der Waals surface area contributed by atoms with Crippen molar-refractivity contribution in [3.05, 3.63) is 45.4 Å². The molecule has 2 aromatic rings. The van der Waals surface area contributed by atoms with E-state index < -0.39 is 0 Å². The highest BCUT2D eigenvalue weighted by atomic mass is 32.1. The zero-order valence-corrected chi connectivity index (χ0v) is 11.6. The summed E-state index contributed by atoms with van der Waals surface area (Å²) in [5, 5.41) is 3.48. The van der Waals surface area contributed by atoms with Crippen molar-refractivity contribution in [2.24, 2.45) is 0 Å². The molecule has 2 rings (SSSR count). The Hall–Kier alpha value is -1.35. The lowest BCUT2D eigenvalue weighted by Crippen LogP contribution is -2.06. The first-order valence-corrected chi connectivity index (χ1v) is 6.64. The summed E-state index contributed by atoms with van der Waals surface area (Å²) in [5.41, 5.74) is 3.50. The first-order valence-electron chi connectivity index (χ1n) is 5.82. The summed E-state index contributed by atoms with van der Waals surface area (Å²) in [6.45, 7) is 8.52. The number of rotatable bonds is 3. The lowest BCUT2D eigenvalue weighted by Gasteiger charge is -2.15. The van der Waals surface area contributed by atoms with E-state index in [0.717, 1.165) is 11.4 Å². The molecule has 3 heteroatoms. The molecule has 0 radical (unpaired) electrons. The van der Waals surface area contributed by atoms with Crippen LogP contribution in [-0.4, -0.2) is 4.98 Å². The van der Waals surface area contributed by atoms with Crippen LogP contribution < -0.4 is 5.32 Å². The van der Waals surface area contributed by atoms with E-state index in [0.29, 0.717) is 6.04 Å². The third kappa shape index (κ3) is 2.86. The molecule has 1 atom stereocenters. The molecule has 0 aliphatic heterocycles. The van der Waals surface area contributed by atoms with Crippen molar-refractivity contribution in [2.75, 3.05) is 5.32 Å². The van der Waals surface area contributed by atoms with Gasteiger partial charge in [-0.05, 0) is 51.5 Å². The molecular formula is C14H18N2S. The molecule has 0 aromatic carbocycles. The summed E-state index contributed by atoms with van der Waals surface area (Å²) < 4.78 is 0. The van der Waals surface area contributed by atoms with Gasteiger partial charge >= 0.3 is 0 Å². The Morgan fingerprint density at radius 3 is 2.53 bits per heavy atom. The summed E-state index contributed by atoms with van der Waals surface area (Å²) in [6, 6.07) is 6.69. The van der Waals surface area contributed by atoms with Crippen molar-refractivity contribution in [1.29, 1.82) is 0 Å². The number of nitrogens with one attached hydrogen (secondary N) is 1. The molecule has 0 spiro atoms. The van der Waals surface area contributed by atoms with Gasteiger partial charge in [0.05, 0.1) is 11.9 Å². The average Bonchev–Trinajstić information content (AvgIpc) is 2.61. The first kappa shape index (κ1) is 12.1. The van der Waals surface area contributed by atoms with Crippen LogP contribution in [0.25, 0.3) is 0 Å². The van der Waals surface area contributed by atoms with Gasteiger partial charge in [-0.15, -0.1) is 11.3 Å². The first-order chi connectivity index (χ1) is 8.06. The molecule has 0 aliphatic rings. The summed E-state index contributed by atoms with van der Waals surface area (Å²) in [7, 11) is 0. The Morgan fingerprint density at radius 1 is 1.24 bits per heavy atom. The quantitative estimate of drug-likeness (QED) is 0.876. The van der Waals surface area contributed by atoms with Gasteiger partial charge in [0.1, 0.15) is 0 Å². The number of anilines is 1. The van der Waals surface area contributed by atoms with E-state index in [-0.39, 0.29) is 0 Å². The lowest BCUT2D eigenvalue weighted by molar-refractivity contribution is 0.879. The topological polar surface area (TPSA) is 24.9 Å². The van der Waals surface area contributed by atoms with Crippen LogP contribution in [0.1, 0.15) is 34.0 Å². The predicted octanol–water partition coefficient (Wildman–Crippen LogP) is 4.24. The van der Waals surface area contributed by atoms with Gasteiger partial charge in [-0.1, -0.05) is 0 Å². The smallest absolute Gasteiger partial charge is 0.0531 e. The maximum Gasteiger partial charge on any atom is 0.0531 e. The minimum atomic E-state index is 0.324. The summed E-state index contributed by atoms with van der Waals surface area (Å²) in [4.78, 5) is 7.05. The van der Waals surface area contributed by atoms with E-state index in [9.17, 15) is 0 Å². The van der Waals surface area contributed by atoms with Crippen LogP contribution in [0.5, 0.6) is 0 Å². The number of aromatic nitrogens is 1. The fourth-order valence-corrected chi connectivity index (χ4v) is 2.98. The van der Waals surface area contributed by atoms with E-state index in [4.69, 9.17) is 0 Å². The molecule has 0 fully saturated rings. The van der Waals surface area contributed by atoms with E-state index >= 15 is 0 Å². The van der Waals surface area contributed by atoms with Crippen LogP contribution in [-0.2, 0) is 0 Å². The third-order valence-electron chi connectivity index (χ3n) is 2.84. The minimum Gasteiger partial charge on any atom is -0.377 e. The molecular weight excluding hydrogens is 228 g/mol. The van der Waals surface area contributed by atoms with Crippen LogP contribution in [0, 0.1) is 20.8 Å². The lowest BCUT2D eigenvalue weighted by atomic mass is 10.1. The zero-order chi connectivity index (χ0) is 12.4. The van der Waals surface area contributed by atoms with Crippen molar-refractivity contribution in [2.45, 2.75) is 33.7 Å². The van der Waals surface area contributed by atoms with E-state index in [2.05, 4.69) is 43.2 Å². The summed E-state index contributed by atoms with van der Waals surface area (Å²) >= 11 is 1.85. The van der Waals surface area contributed by atoms with Gasteiger partial charge in [-0.25, -0.2) is 0 Å². The van der Waals surface area contributed by atoms with Gasteiger partial charge < -0.3 is 5.32 Å². The monoisotopic (exact) mass is 246 g/mol. The molecule has 90 valence electrons. The number of hydrogen-bond donors (Lipinski definition) is 1. The Bertz CT molecular complexity index is 499. The Morgan fingerprint density at radius 2 is 2.00 bits per heavy atom. The van der Waals surface area contributed by atoms with Crippen LogP contribution in [0.15, 0.2) is 24.4 Å². The maximum atomic E-state index is 4.29. The average molecular weight is 246 g/mol. The van der Waals surface area contributed by atoms with Crippen molar-refractivity contribution in [3.8, 4) is 0 Å². The Kier molecular flexibility index (Phi) is 3.48.